The molecule has 4 heteroatoms. The maximum absolute atomic E-state index is 12.8. The van der Waals surface area contributed by atoms with Crippen LogP contribution < -0.4 is 10.6 Å². The molecule has 3 nitrogen and oxygen atoms in total. The molecule has 90 valence electrons. The fourth-order valence-electron chi connectivity index (χ4n) is 2.98. The molecule has 3 atom stereocenters. The van der Waals surface area contributed by atoms with Crippen LogP contribution in [0.3, 0.4) is 0 Å². The Morgan fingerprint density at radius 3 is 2.59 bits per heavy atom. The van der Waals surface area contributed by atoms with Crippen LogP contribution in [-0.2, 0) is 4.79 Å². The fraction of sp³-hybridized carbons (Fsp3) is 0.462. The molecule has 1 aromatic carbocycles. The lowest BCUT2D eigenvalue weighted by molar-refractivity contribution is -0.119. The van der Waals surface area contributed by atoms with E-state index >= 15 is 0 Å². The largest absolute Gasteiger partial charge is 0.330 e. The van der Waals surface area contributed by atoms with E-state index in [2.05, 4.69) is 0 Å². The first-order valence-electron chi connectivity index (χ1n) is 5.99. The Balaban J connectivity index is 1.73. The van der Waals surface area contributed by atoms with Gasteiger partial charge in [-0.2, -0.15) is 0 Å². The smallest absolute Gasteiger partial charge is 0.230 e. The van der Waals surface area contributed by atoms with Crippen LogP contribution in [0.2, 0.25) is 0 Å². The zero-order valence-electron chi connectivity index (χ0n) is 9.47. The highest BCUT2D eigenvalue weighted by atomic mass is 19.1. The van der Waals surface area contributed by atoms with Gasteiger partial charge in [-0.1, -0.05) is 0 Å². The molecule has 1 aromatic rings. The SMILES string of the molecule is NCC[C@@H]1[C@H]2CN(c3ccc(F)cc3)C(=O)[C@@H]12. The summed E-state index contributed by atoms with van der Waals surface area (Å²) in [5.74, 6) is 1.04. The minimum atomic E-state index is -0.272. The Kier molecular flexibility index (Phi) is 2.40. The molecular formula is C13H15FN2O. The van der Waals surface area contributed by atoms with E-state index in [0.29, 0.717) is 18.4 Å². The summed E-state index contributed by atoms with van der Waals surface area (Å²) >= 11 is 0. The highest BCUT2D eigenvalue weighted by Crippen LogP contribution is 2.54. The lowest BCUT2D eigenvalue weighted by Gasteiger charge is -2.19. The van der Waals surface area contributed by atoms with Crippen molar-refractivity contribution in [1.82, 2.24) is 0 Å². The number of fused-ring (bicyclic) bond motifs is 1. The molecule has 2 aliphatic rings. The summed E-state index contributed by atoms with van der Waals surface area (Å²) in [5, 5.41) is 0. The summed E-state index contributed by atoms with van der Waals surface area (Å²) in [4.78, 5) is 13.9. The van der Waals surface area contributed by atoms with Gasteiger partial charge in [0.1, 0.15) is 5.82 Å². The number of nitrogens with two attached hydrogens (primary N) is 1. The number of carbonyl (C=O) groups is 1. The van der Waals surface area contributed by atoms with Gasteiger partial charge in [-0.25, -0.2) is 4.39 Å². The molecule has 1 saturated heterocycles. The second-order valence-electron chi connectivity index (χ2n) is 4.86. The van der Waals surface area contributed by atoms with Gasteiger partial charge in [0.25, 0.3) is 0 Å². The van der Waals surface area contributed by atoms with Gasteiger partial charge in [-0.15, -0.1) is 0 Å². The number of nitrogens with zero attached hydrogens (tertiary/aromatic N) is 1. The van der Waals surface area contributed by atoms with E-state index in [1.165, 1.54) is 12.1 Å². The zero-order chi connectivity index (χ0) is 12.0. The minimum absolute atomic E-state index is 0.170. The predicted molar refractivity (Wildman–Crippen MR) is 62.9 cm³/mol. The van der Waals surface area contributed by atoms with Crippen molar-refractivity contribution in [2.75, 3.05) is 18.0 Å². The van der Waals surface area contributed by atoms with E-state index in [1.807, 2.05) is 0 Å². The maximum Gasteiger partial charge on any atom is 0.230 e. The topological polar surface area (TPSA) is 46.3 Å². The van der Waals surface area contributed by atoms with Crippen LogP contribution in [0.25, 0.3) is 0 Å². The van der Waals surface area contributed by atoms with Crippen LogP contribution in [0.1, 0.15) is 6.42 Å². The maximum atomic E-state index is 12.8. The number of hydrogen-bond donors (Lipinski definition) is 1. The number of rotatable bonds is 3. The molecule has 1 aliphatic carbocycles. The molecule has 17 heavy (non-hydrogen) atoms. The molecule has 1 heterocycles. The van der Waals surface area contributed by atoms with Crippen LogP contribution >= 0.6 is 0 Å². The van der Waals surface area contributed by atoms with Crippen molar-refractivity contribution in [1.29, 1.82) is 0 Å². The monoisotopic (exact) mass is 234 g/mol. The molecule has 2 fully saturated rings. The molecular weight excluding hydrogens is 219 g/mol. The van der Waals surface area contributed by atoms with Crippen molar-refractivity contribution in [3.63, 3.8) is 0 Å². The summed E-state index contributed by atoms with van der Waals surface area (Å²) in [6, 6.07) is 6.11. The average molecular weight is 234 g/mol. The van der Waals surface area contributed by atoms with Gasteiger partial charge >= 0.3 is 0 Å². The summed E-state index contributed by atoms with van der Waals surface area (Å²) in [6.07, 6.45) is 0.943. The molecule has 1 saturated carbocycles. The second kappa shape index (κ2) is 3.81. The minimum Gasteiger partial charge on any atom is -0.330 e. The van der Waals surface area contributed by atoms with Crippen LogP contribution in [-0.4, -0.2) is 19.0 Å². The van der Waals surface area contributed by atoms with Gasteiger partial charge in [0.15, 0.2) is 0 Å². The van der Waals surface area contributed by atoms with Crippen LogP contribution in [0.5, 0.6) is 0 Å². The molecule has 3 rings (SSSR count). The Bertz CT molecular complexity index is 445. The Morgan fingerprint density at radius 1 is 1.35 bits per heavy atom. The van der Waals surface area contributed by atoms with E-state index in [-0.39, 0.29) is 17.6 Å². The van der Waals surface area contributed by atoms with Crippen molar-refractivity contribution in [3.8, 4) is 0 Å². The Morgan fingerprint density at radius 2 is 2.06 bits per heavy atom. The van der Waals surface area contributed by atoms with Crippen molar-refractivity contribution < 1.29 is 9.18 Å². The number of amides is 1. The summed E-state index contributed by atoms with van der Waals surface area (Å²) in [5.41, 5.74) is 6.31. The van der Waals surface area contributed by atoms with Crippen molar-refractivity contribution in [2.45, 2.75) is 6.42 Å². The number of anilines is 1. The second-order valence-corrected chi connectivity index (χ2v) is 4.86. The highest BCUT2D eigenvalue weighted by Gasteiger charge is 2.60. The number of benzene rings is 1. The molecule has 1 amide bonds. The molecule has 2 N–H and O–H groups in total. The van der Waals surface area contributed by atoms with E-state index in [4.69, 9.17) is 5.73 Å². The standard InChI is InChI=1S/C13H15FN2O/c14-8-1-3-9(4-2-8)16-7-11-10(5-6-15)12(11)13(16)17/h1-4,10-12H,5-7,15H2/t10-,11-,12+/m1/s1. The number of hydrogen-bond acceptors (Lipinski definition) is 2. The van der Waals surface area contributed by atoms with Gasteiger partial charge in [0, 0.05) is 18.2 Å². The quantitative estimate of drug-likeness (QED) is 0.859. The van der Waals surface area contributed by atoms with Crippen molar-refractivity contribution >= 4 is 11.6 Å². The van der Waals surface area contributed by atoms with Gasteiger partial charge in [-0.05, 0) is 49.1 Å². The summed E-state index contributed by atoms with van der Waals surface area (Å²) in [6.45, 7) is 1.42. The van der Waals surface area contributed by atoms with E-state index < -0.39 is 0 Å². The molecule has 0 aromatic heterocycles. The van der Waals surface area contributed by atoms with Crippen molar-refractivity contribution in [2.24, 2.45) is 23.5 Å². The van der Waals surface area contributed by atoms with Gasteiger partial charge in [-0.3, -0.25) is 4.79 Å². The first-order chi connectivity index (χ1) is 8.22. The molecule has 0 unspecified atom stereocenters. The van der Waals surface area contributed by atoms with Gasteiger partial charge in [0.05, 0.1) is 0 Å². The van der Waals surface area contributed by atoms with E-state index in [9.17, 15) is 9.18 Å². The summed E-state index contributed by atoms with van der Waals surface area (Å²) < 4.78 is 12.8. The lowest BCUT2D eigenvalue weighted by Crippen LogP contribution is -2.30. The van der Waals surface area contributed by atoms with Crippen molar-refractivity contribution in [3.05, 3.63) is 30.1 Å². The molecule has 0 radical (unpaired) electrons. The third-order valence-electron chi connectivity index (χ3n) is 3.91. The predicted octanol–water partition coefficient (Wildman–Crippen LogP) is 1.38. The molecule has 1 aliphatic heterocycles. The third kappa shape index (κ3) is 1.63. The van der Waals surface area contributed by atoms with Gasteiger partial charge < -0.3 is 10.6 Å². The van der Waals surface area contributed by atoms with E-state index in [1.54, 1.807) is 17.0 Å². The van der Waals surface area contributed by atoms with Crippen LogP contribution in [0.4, 0.5) is 10.1 Å². The lowest BCUT2D eigenvalue weighted by atomic mass is 10.2. The van der Waals surface area contributed by atoms with Crippen LogP contribution in [0, 0.1) is 23.6 Å². The Hall–Kier alpha value is -1.42. The Labute approximate surface area is 99.4 Å². The zero-order valence-corrected chi connectivity index (χ0v) is 9.47. The van der Waals surface area contributed by atoms with Crippen LogP contribution in [0.15, 0.2) is 24.3 Å². The number of carbonyl (C=O) groups excluding carboxylic acids is 1. The molecule has 0 spiro atoms. The number of halogens is 1. The normalized spacial score (nSPS) is 30.6. The van der Waals surface area contributed by atoms with E-state index in [0.717, 1.165) is 18.7 Å². The number of piperidine rings is 1. The highest BCUT2D eigenvalue weighted by molar-refractivity contribution is 6.00. The average Bonchev–Trinajstić information content (AvgIpc) is 2.88. The van der Waals surface area contributed by atoms with Gasteiger partial charge in [0.2, 0.25) is 5.91 Å². The fourth-order valence-corrected chi connectivity index (χ4v) is 2.98. The first kappa shape index (κ1) is 10.7. The third-order valence-corrected chi connectivity index (χ3v) is 3.91. The summed E-state index contributed by atoms with van der Waals surface area (Å²) in [7, 11) is 0. The molecule has 0 bridgehead atoms. The first-order valence-corrected chi connectivity index (χ1v) is 5.99.